The molecule has 1 aromatic carbocycles. The van der Waals surface area contributed by atoms with Gasteiger partial charge in [0.2, 0.25) is 0 Å². The van der Waals surface area contributed by atoms with Crippen LogP contribution in [-0.2, 0) is 0 Å². The van der Waals surface area contributed by atoms with E-state index in [1.54, 1.807) is 6.07 Å². The zero-order valence-electron chi connectivity index (χ0n) is 7.31. The molecule has 0 spiro atoms. The lowest BCUT2D eigenvalue weighted by Gasteiger charge is -2.03. The minimum Gasteiger partial charge on any atom is -0.241 e. The number of benzene rings is 1. The average molecular weight is 275 g/mol. The number of aromatic nitrogens is 1. The van der Waals surface area contributed by atoms with E-state index in [0.717, 1.165) is 11.1 Å². The van der Waals surface area contributed by atoms with Crippen LogP contribution in [0.4, 0.5) is 4.39 Å². The summed E-state index contributed by atoms with van der Waals surface area (Å²) in [7, 11) is 0. The molecule has 0 radical (unpaired) electrons. The van der Waals surface area contributed by atoms with Crippen molar-refractivity contribution in [3.63, 3.8) is 0 Å². The molecular weight excluding hydrogens is 268 g/mol. The van der Waals surface area contributed by atoms with Gasteiger partial charge in [0.25, 0.3) is 0 Å². The number of rotatable bonds is 0. The number of fused-ring (bicyclic) bond motifs is 1. The van der Waals surface area contributed by atoms with E-state index in [0.29, 0.717) is 9.86 Å². The van der Waals surface area contributed by atoms with Gasteiger partial charge in [-0.15, -0.1) is 0 Å². The van der Waals surface area contributed by atoms with Crippen molar-refractivity contribution in [2.45, 2.75) is 6.92 Å². The van der Waals surface area contributed by atoms with Gasteiger partial charge in [0, 0.05) is 10.2 Å². The van der Waals surface area contributed by atoms with Gasteiger partial charge in [0.05, 0.1) is 5.39 Å². The highest BCUT2D eigenvalue weighted by Crippen LogP contribution is 2.28. The van der Waals surface area contributed by atoms with Crippen LogP contribution in [0.15, 0.2) is 22.7 Å². The summed E-state index contributed by atoms with van der Waals surface area (Å²) in [5, 5.41) is 1.35. The number of halogens is 3. The lowest BCUT2D eigenvalue weighted by Crippen LogP contribution is -1.88. The second kappa shape index (κ2) is 3.48. The molecular formula is C10H6BrClFN. The van der Waals surface area contributed by atoms with Gasteiger partial charge in [-0.3, -0.25) is 0 Å². The molecule has 72 valence electrons. The molecule has 1 aromatic heterocycles. The lowest BCUT2D eigenvalue weighted by molar-refractivity contribution is 0.638. The summed E-state index contributed by atoms with van der Waals surface area (Å²) < 4.78 is 14.2. The summed E-state index contributed by atoms with van der Waals surface area (Å²) in [6.45, 7) is 1.82. The molecule has 0 aliphatic heterocycles. The molecule has 2 aromatic rings. The minimum absolute atomic E-state index is 0.213. The Kier molecular flexibility index (Phi) is 2.45. The maximum atomic E-state index is 13.5. The van der Waals surface area contributed by atoms with E-state index in [1.165, 1.54) is 6.07 Å². The second-order valence-electron chi connectivity index (χ2n) is 3.04. The van der Waals surface area contributed by atoms with Gasteiger partial charge < -0.3 is 0 Å². The Morgan fingerprint density at radius 1 is 1.36 bits per heavy atom. The Morgan fingerprint density at radius 2 is 2.07 bits per heavy atom. The fraction of sp³-hybridized carbons (Fsp3) is 0.100. The second-order valence-corrected chi connectivity index (χ2v) is 4.31. The van der Waals surface area contributed by atoms with Crippen molar-refractivity contribution < 1.29 is 4.39 Å². The summed E-state index contributed by atoms with van der Waals surface area (Å²) in [5.41, 5.74) is 0.778. The summed E-state index contributed by atoms with van der Waals surface area (Å²) in [4.78, 5) is 4.00. The Morgan fingerprint density at radius 3 is 2.79 bits per heavy atom. The molecule has 0 fully saturated rings. The summed E-state index contributed by atoms with van der Waals surface area (Å²) in [5.74, 6) is -0.355. The molecule has 14 heavy (non-hydrogen) atoms. The molecule has 0 amide bonds. The van der Waals surface area contributed by atoms with E-state index in [4.69, 9.17) is 11.6 Å². The van der Waals surface area contributed by atoms with Gasteiger partial charge >= 0.3 is 0 Å². The Bertz CT molecular complexity index is 470. The molecule has 0 atom stereocenters. The van der Waals surface area contributed by atoms with Crippen LogP contribution < -0.4 is 0 Å². The lowest BCUT2D eigenvalue weighted by atomic mass is 10.1. The van der Waals surface area contributed by atoms with Crippen molar-refractivity contribution in [1.29, 1.82) is 0 Å². The first kappa shape index (κ1) is 9.87. The minimum atomic E-state index is -0.355. The summed E-state index contributed by atoms with van der Waals surface area (Å²) >= 11 is 9.08. The fourth-order valence-corrected chi connectivity index (χ4v) is 2.17. The number of hydrogen-bond donors (Lipinski definition) is 0. The van der Waals surface area contributed by atoms with Crippen LogP contribution in [0, 0.1) is 12.7 Å². The molecule has 0 unspecified atom stereocenters. The maximum Gasteiger partial charge on any atom is 0.140 e. The monoisotopic (exact) mass is 273 g/mol. The standard InChI is InChI=1S/C10H6BrClFN/c1-5-2-6-3-7(11)4-8(13)9(6)10(12)14-5/h2-4H,1H3. The summed E-state index contributed by atoms with van der Waals surface area (Å²) in [6.07, 6.45) is 0. The van der Waals surface area contributed by atoms with E-state index < -0.39 is 0 Å². The first-order valence-electron chi connectivity index (χ1n) is 4.00. The van der Waals surface area contributed by atoms with E-state index in [1.807, 2.05) is 13.0 Å². The number of aryl methyl sites for hydroxylation is 1. The third-order valence-electron chi connectivity index (χ3n) is 1.93. The highest BCUT2D eigenvalue weighted by atomic mass is 79.9. The Balaban J connectivity index is 2.94. The third-order valence-corrected chi connectivity index (χ3v) is 2.66. The molecule has 1 nitrogen and oxygen atoms in total. The SMILES string of the molecule is Cc1cc2cc(Br)cc(F)c2c(Cl)n1. The topological polar surface area (TPSA) is 12.9 Å². The molecule has 0 aliphatic carbocycles. The van der Waals surface area contributed by atoms with E-state index in [-0.39, 0.29) is 11.0 Å². The maximum absolute atomic E-state index is 13.5. The van der Waals surface area contributed by atoms with Gasteiger partial charge in [0.15, 0.2) is 0 Å². The first-order chi connectivity index (χ1) is 6.58. The van der Waals surface area contributed by atoms with Crippen molar-refractivity contribution in [2.75, 3.05) is 0 Å². The van der Waals surface area contributed by atoms with Gasteiger partial charge in [0.1, 0.15) is 11.0 Å². The molecule has 0 aliphatic rings. The van der Waals surface area contributed by atoms with Crippen molar-refractivity contribution in [2.24, 2.45) is 0 Å². The Labute approximate surface area is 94.0 Å². The zero-order valence-corrected chi connectivity index (χ0v) is 9.66. The predicted octanol–water partition coefficient (Wildman–Crippen LogP) is 4.10. The van der Waals surface area contributed by atoms with Gasteiger partial charge in [-0.1, -0.05) is 27.5 Å². The predicted molar refractivity (Wildman–Crippen MR) is 59.1 cm³/mol. The Hall–Kier alpha value is -0.670. The first-order valence-corrected chi connectivity index (χ1v) is 5.17. The smallest absolute Gasteiger partial charge is 0.140 e. The summed E-state index contributed by atoms with van der Waals surface area (Å²) in [6, 6.07) is 5.00. The van der Waals surface area contributed by atoms with Crippen molar-refractivity contribution in [1.82, 2.24) is 4.98 Å². The van der Waals surface area contributed by atoms with Crippen molar-refractivity contribution >= 4 is 38.3 Å². The van der Waals surface area contributed by atoms with Crippen LogP contribution in [0.3, 0.4) is 0 Å². The fourth-order valence-electron chi connectivity index (χ4n) is 1.39. The van der Waals surface area contributed by atoms with E-state index >= 15 is 0 Å². The van der Waals surface area contributed by atoms with Crippen molar-refractivity contribution in [3.05, 3.63) is 39.3 Å². The van der Waals surface area contributed by atoms with Crippen LogP contribution in [-0.4, -0.2) is 4.98 Å². The molecule has 1 heterocycles. The number of hydrogen-bond acceptors (Lipinski definition) is 1. The van der Waals surface area contributed by atoms with Crippen LogP contribution in [0.25, 0.3) is 10.8 Å². The third kappa shape index (κ3) is 1.62. The van der Waals surface area contributed by atoms with Gasteiger partial charge in [-0.05, 0) is 30.5 Å². The van der Waals surface area contributed by atoms with Crippen LogP contribution in [0.5, 0.6) is 0 Å². The van der Waals surface area contributed by atoms with Crippen LogP contribution >= 0.6 is 27.5 Å². The quantitative estimate of drug-likeness (QED) is 0.659. The largest absolute Gasteiger partial charge is 0.241 e. The van der Waals surface area contributed by atoms with E-state index in [2.05, 4.69) is 20.9 Å². The molecule has 0 N–H and O–H groups in total. The zero-order chi connectivity index (χ0) is 10.3. The highest BCUT2D eigenvalue weighted by Gasteiger charge is 2.08. The molecule has 0 bridgehead atoms. The van der Waals surface area contributed by atoms with E-state index in [9.17, 15) is 4.39 Å². The van der Waals surface area contributed by atoms with Gasteiger partial charge in [-0.2, -0.15) is 0 Å². The number of pyridine rings is 1. The molecule has 4 heteroatoms. The average Bonchev–Trinajstić information content (AvgIpc) is 1.99. The molecule has 0 saturated carbocycles. The molecule has 0 saturated heterocycles. The molecule has 2 rings (SSSR count). The normalized spacial score (nSPS) is 10.9. The van der Waals surface area contributed by atoms with Crippen molar-refractivity contribution in [3.8, 4) is 0 Å². The van der Waals surface area contributed by atoms with Gasteiger partial charge in [-0.25, -0.2) is 9.37 Å². The van der Waals surface area contributed by atoms with Crippen LogP contribution in [0.2, 0.25) is 5.15 Å². The van der Waals surface area contributed by atoms with Crippen LogP contribution in [0.1, 0.15) is 5.69 Å². The highest BCUT2D eigenvalue weighted by molar-refractivity contribution is 9.10. The number of nitrogens with zero attached hydrogens (tertiary/aromatic N) is 1.